The van der Waals surface area contributed by atoms with E-state index in [0.29, 0.717) is 11.3 Å². The van der Waals surface area contributed by atoms with Gasteiger partial charge in [0.15, 0.2) is 0 Å². The number of hydrogen-bond donors (Lipinski definition) is 0. The SMILES string of the molecule is Cc1cn(-c2cncc(C3CC34CCOCC4)c2)cn1. The molecule has 1 unspecified atom stereocenters. The second kappa shape index (κ2) is 4.42. The average Bonchev–Trinajstić information content (AvgIpc) is 2.98. The topological polar surface area (TPSA) is 39.9 Å². The van der Waals surface area contributed by atoms with E-state index in [9.17, 15) is 0 Å². The zero-order valence-corrected chi connectivity index (χ0v) is 11.7. The monoisotopic (exact) mass is 269 g/mol. The van der Waals surface area contributed by atoms with Crippen molar-refractivity contribution in [2.75, 3.05) is 13.2 Å². The van der Waals surface area contributed by atoms with Gasteiger partial charge in [0.2, 0.25) is 0 Å². The smallest absolute Gasteiger partial charge is 0.0995 e. The number of imidazole rings is 1. The molecule has 20 heavy (non-hydrogen) atoms. The first-order valence-electron chi connectivity index (χ1n) is 7.31. The lowest BCUT2D eigenvalue weighted by molar-refractivity contribution is 0.0557. The number of rotatable bonds is 2. The zero-order chi connectivity index (χ0) is 13.6. The van der Waals surface area contributed by atoms with Crippen LogP contribution in [0.5, 0.6) is 0 Å². The molecule has 1 atom stereocenters. The van der Waals surface area contributed by atoms with Gasteiger partial charge in [-0.25, -0.2) is 4.98 Å². The van der Waals surface area contributed by atoms with Gasteiger partial charge in [-0.15, -0.1) is 0 Å². The highest BCUT2D eigenvalue weighted by molar-refractivity contribution is 5.38. The third-order valence-corrected chi connectivity index (χ3v) is 4.84. The Bertz CT molecular complexity index is 628. The van der Waals surface area contributed by atoms with Crippen LogP contribution in [0.25, 0.3) is 5.69 Å². The Kier molecular flexibility index (Phi) is 2.67. The Morgan fingerprint density at radius 3 is 2.90 bits per heavy atom. The molecule has 1 aliphatic heterocycles. The van der Waals surface area contributed by atoms with Crippen molar-refractivity contribution in [2.45, 2.75) is 32.1 Å². The Balaban J connectivity index is 1.61. The lowest BCUT2D eigenvalue weighted by atomic mass is 9.91. The molecule has 4 nitrogen and oxygen atoms in total. The molecule has 0 N–H and O–H groups in total. The fourth-order valence-corrected chi connectivity index (χ4v) is 3.49. The van der Waals surface area contributed by atoms with Crippen LogP contribution in [0, 0.1) is 12.3 Å². The quantitative estimate of drug-likeness (QED) is 0.841. The van der Waals surface area contributed by atoms with E-state index in [4.69, 9.17) is 4.74 Å². The van der Waals surface area contributed by atoms with Crippen molar-refractivity contribution in [3.05, 3.63) is 42.2 Å². The first kappa shape index (κ1) is 12.1. The van der Waals surface area contributed by atoms with Gasteiger partial charge in [0, 0.05) is 25.6 Å². The zero-order valence-electron chi connectivity index (χ0n) is 11.7. The predicted molar refractivity (Wildman–Crippen MR) is 75.9 cm³/mol. The minimum atomic E-state index is 0.503. The molecule has 1 saturated carbocycles. The molecule has 0 bridgehead atoms. The normalized spacial score (nSPS) is 23.9. The molecule has 4 heteroatoms. The Morgan fingerprint density at radius 2 is 2.15 bits per heavy atom. The van der Waals surface area contributed by atoms with Gasteiger partial charge in [-0.05, 0) is 49.1 Å². The van der Waals surface area contributed by atoms with Gasteiger partial charge in [0.25, 0.3) is 0 Å². The van der Waals surface area contributed by atoms with Gasteiger partial charge in [0.05, 0.1) is 23.9 Å². The van der Waals surface area contributed by atoms with Crippen molar-refractivity contribution >= 4 is 0 Å². The highest BCUT2D eigenvalue weighted by Gasteiger charge is 2.54. The van der Waals surface area contributed by atoms with Crippen molar-refractivity contribution in [1.82, 2.24) is 14.5 Å². The average molecular weight is 269 g/mol. The largest absolute Gasteiger partial charge is 0.381 e. The van der Waals surface area contributed by atoms with Gasteiger partial charge in [0.1, 0.15) is 0 Å². The highest BCUT2D eigenvalue weighted by Crippen LogP contribution is 2.64. The maximum atomic E-state index is 5.50. The molecule has 4 rings (SSSR count). The third-order valence-electron chi connectivity index (χ3n) is 4.84. The third kappa shape index (κ3) is 1.95. The van der Waals surface area contributed by atoms with E-state index in [1.165, 1.54) is 24.8 Å². The van der Waals surface area contributed by atoms with Gasteiger partial charge >= 0.3 is 0 Å². The maximum absolute atomic E-state index is 5.50. The Morgan fingerprint density at radius 1 is 1.30 bits per heavy atom. The number of aryl methyl sites for hydroxylation is 1. The molecule has 2 aliphatic rings. The summed E-state index contributed by atoms with van der Waals surface area (Å²) in [5.41, 5.74) is 4.01. The number of aromatic nitrogens is 3. The number of nitrogens with zero attached hydrogens (tertiary/aromatic N) is 3. The second-order valence-corrected chi connectivity index (χ2v) is 6.13. The van der Waals surface area contributed by atoms with Crippen molar-refractivity contribution in [3.63, 3.8) is 0 Å². The molecule has 0 aromatic carbocycles. The Labute approximate surface area is 118 Å². The first-order chi connectivity index (χ1) is 9.77. The summed E-state index contributed by atoms with van der Waals surface area (Å²) in [7, 11) is 0. The van der Waals surface area contributed by atoms with Crippen LogP contribution in [-0.4, -0.2) is 27.7 Å². The standard InChI is InChI=1S/C16H19N3O/c1-12-10-19(11-18-12)14-6-13(8-17-9-14)15-7-16(15)2-4-20-5-3-16/h6,8-11,15H,2-5,7H2,1H3. The van der Waals surface area contributed by atoms with Crippen molar-refractivity contribution in [2.24, 2.45) is 5.41 Å². The predicted octanol–water partition coefficient (Wildman–Crippen LogP) is 2.86. The van der Waals surface area contributed by atoms with Gasteiger partial charge < -0.3 is 9.30 Å². The molecule has 2 aromatic heterocycles. The van der Waals surface area contributed by atoms with Crippen LogP contribution in [0.1, 0.15) is 36.4 Å². The van der Waals surface area contributed by atoms with Gasteiger partial charge in [-0.1, -0.05) is 0 Å². The van der Waals surface area contributed by atoms with Crippen LogP contribution in [0.15, 0.2) is 31.0 Å². The van der Waals surface area contributed by atoms with Gasteiger partial charge in [-0.3, -0.25) is 4.98 Å². The summed E-state index contributed by atoms with van der Waals surface area (Å²) in [6, 6.07) is 2.27. The molecule has 1 spiro atoms. The van der Waals surface area contributed by atoms with E-state index in [1.54, 1.807) is 0 Å². The molecule has 1 saturated heterocycles. The van der Waals surface area contributed by atoms with Crippen LogP contribution in [0.3, 0.4) is 0 Å². The van der Waals surface area contributed by atoms with Crippen molar-refractivity contribution < 1.29 is 4.74 Å². The lowest BCUT2D eigenvalue weighted by Gasteiger charge is -2.23. The molecule has 2 fully saturated rings. The second-order valence-electron chi connectivity index (χ2n) is 6.13. The number of hydrogen-bond acceptors (Lipinski definition) is 3. The summed E-state index contributed by atoms with van der Waals surface area (Å²) in [6.07, 6.45) is 11.5. The molecule has 0 amide bonds. The summed E-state index contributed by atoms with van der Waals surface area (Å²) in [4.78, 5) is 8.71. The summed E-state index contributed by atoms with van der Waals surface area (Å²) >= 11 is 0. The fraction of sp³-hybridized carbons (Fsp3) is 0.500. The maximum Gasteiger partial charge on any atom is 0.0995 e. The van der Waals surface area contributed by atoms with E-state index in [0.717, 1.165) is 24.6 Å². The summed E-state index contributed by atoms with van der Waals surface area (Å²) < 4.78 is 7.54. The van der Waals surface area contributed by atoms with E-state index in [-0.39, 0.29) is 0 Å². The molecule has 0 radical (unpaired) electrons. The molecule has 1 aliphatic carbocycles. The molecular weight excluding hydrogens is 250 g/mol. The number of pyridine rings is 1. The minimum Gasteiger partial charge on any atom is -0.381 e. The molecule has 3 heterocycles. The Hall–Kier alpha value is -1.68. The van der Waals surface area contributed by atoms with Crippen LogP contribution in [0.4, 0.5) is 0 Å². The molecular formula is C16H19N3O. The van der Waals surface area contributed by atoms with E-state index in [1.807, 2.05) is 36.4 Å². The van der Waals surface area contributed by atoms with Crippen molar-refractivity contribution in [1.29, 1.82) is 0 Å². The van der Waals surface area contributed by atoms with Crippen molar-refractivity contribution in [3.8, 4) is 5.69 Å². The molecule has 2 aromatic rings. The van der Waals surface area contributed by atoms with Crippen LogP contribution in [-0.2, 0) is 4.74 Å². The lowest BCUT2D eigenvalue weighted by Crippen LogP contribution is -2.18. The fourth-order valence-electron chi connectivity index (χ4n) is 3.49. The summed E-state index contributed by atoms with van der Waals surface area (Å²) in [5, 5.41) is 0. The van der Waals surface area contributed by atoms with E-state index < -0.39 is 0 Å². The minimum absolute atomic E-state index is 0.503. The molecule has 104 valence electrons. The number of ether oxygens (including phenoxy) is 1. The van der Waals surface area contributed by atoms with Crippen LogP contribution < -0.4 is 0 Å². The van der Waals surface area contributed by atoms with Gasteiger partial charge in [-0.2, -0.15) is 0 Å². The highest BCUT2D eigenvalue weighted by atomic mass is 16.5. The van der Waals surface area contributed by atoms with E-state index >= 15 is 0 Å². The first-order valence-corrected chi connectivity index (χ1v) is 7.31. The van der Waals surface area contributed by atoms with Crippen LogP contribution in [0.2, 0.25) is 0 Å². The van der Waals surface area contributed by atoms with Crippen LogP contribution >= 0.6 is 0 Å². The van der Waals surface area contributed by atoms with E-state index in [2.05, 4.69) is 16.0 Å². The summed E-state index contributed by atoms with van der Waals surface area (Å²) in [5.74, 6) is 0.670. The summed E-state index contributed by atoms with van der Waals surface area (Å²) in [6.45, 7) is 3.85.